The molecule has 1 rings (SSSR count). The number of hydrogen-bond acceptors (Lipinski definition) is 5. The SMILES string of the molecule is COCCN(CCO)S(=O)(=O)c1c(C)cc(C)c(N)c1C. The average Bonchev–Trinajstić information content (AvgIpc) is 2.40. The molecule has 0 saturated heterocycles. The fraction of sp³-hybridized carbons (Fsp3) is 0.571. The first-order valence-corrected chi connectivity index (χ1v) is 8.17. The largest absolute Gasteiger partial charge is 0.398 e. The topological polar surface area (TPSA) is 92.9 Å². The minimum absolute atomic E-state index is 0.0261. The van der Waals surface area contributed by atoms with Gasteiger partial charge in [0, 0.05) is 25.9 Å². The van der Waals surface area contributed by atoms with Gasteiger partial charge in [-0.1, -0.05) is 6.07 Å². The number of sulfonamides is 1. The molecule has 0 aliphatic carbocycles. The highest BCUT2D eigenvalue weighted by Crippen LogP contribution is 2.30. The molecule has 0 unspecified atom stereocenters. The van der Waals surface area contributed by atoms with Gasteiger partial charge in [-0.2, -0.15) is 4.31 Å². The number of nitrogen functional groups attached to an aromatic ring is 1. The quantitative estimate of drug-likeness (QED) is 0.727. The molecule has 120 valence electrons. The Balaban J connectivity index is 3.37. The Kier molecular flexibility index (Phi) is 6.15. The van der Waals surface area contributed by atoms with Gasteiger partial charge in [-0.05, 0) is 37.5 Å². The maximum atomic E-state index is 12.8. The van der Waals surface area contributed by atoms with Crippen molar-refractivity contribution in [2.45, 2.75) is 25.7 Å². The van der Waals surface area contributed by atoms with Gasteiger partial charge in [-0.3, -0.25) is 0 Å². The number of nitrogens with two attached hydrogens (primary N) is 1. The molecule has 6 nitrogen and oxygen atoms in total. The summed E-state index contributed by atoms with van der Waals surface area (Å²) in [5.41, 5.74) is 8.50. The van der Waals surface area contributed by atoms with Gasteiger partial charge in [0.25, 0.3) is 0 Å². The van der Waals surface area contributed by atoms with Gasteiger partial charge < -0.3 is 15.6 Å². The van der Waals surface area contributed by atoms with Crippen LogP contribution < -0.4 is 5.73 Å². The fourth-order valence-electron chi connectivity index (χ4n) is 2.36. The number of hydrogen-bond donors (Lipinski definition) is 2. The zero-order chi connectivity index (χ0) is 16.2. The van der Waals surface area contributed by atoms with Crippen LogP contribution in [0, 0.1) is 20.8 Å². The second kappa shape index (κ2) is 7.22. The Hall–Kier alpha value is -1.15. The highest BCUT2D eigenvalue weighted by Gasteiger charge is 2.28. The molecule has 0 saturated carbocycles. The van der Waals surface area contributed by atoms with Gasteiger partial charge in [0.15, 0.2) is 0 Å². The van der Waals surface area contributed by atoms with Crippen molar-refractivity contribution in [2.75, 3.05) is 39.1 Å². The number of anilines is 1. The summed E-state index contributed by atoms with van der Waals surface area (Å²) in [6, 6.07) is 1.77. The lowest BCUT2D eigenvalue weighted by molar-refractivity contribution is 0.168. The monoisotopic (exact) mass is 316 g/mol. The summed E-state index contributed by atoms with van der Waals surface area (Å²) in [5.74, 6) is 0. The lowest BCUT2D eigenvalue weighted by Gasteiger charge is -2.24. The smallest absolute Gasteiger partial charge is 0.243 e. The molecule has 0 aliphatic heterocycles. The number of rotatable bonds is 7. The third-order valence-corrected chi connectivity index (χ3v) is 5.64. The van der Waals surface area contributed by atoms with Crippen molar-refractivity contribution < 1.29 is 18.3 Å². The van der Waals surface area contributed by atoms with Crippen LogP contribution in [0.1, 0.15) is 16.7 Å². The van der Waals surface area contributed by atoms with E-state index in [9.17, 15) is 8.42 Å². The molecule has 1 aromatic rings. The maximum absolute atomic E-state index is 12.8. The van der Waals surface area contributed by atoms with Crippen LogP contribution in [0.25, 0.3) is 0 Å². The normalized spacial score (nSPS) is 12.1. The van der Waals surface area contributed by atoms with Crippen LogP contribution in [-0.4, -0.2) is 51.2 Å². The number of nitrogens with zero attached hydrogens (tertiary/aromatic N) is 1. The van der Waals surface area contributed by atoms with E-state index in [0.29, 0.717) is 16.8 Å². The van der Waals surface area contributed by atoms with Crippen molar-refractivity contribution in [1.29, 1.82) is 0 Å². The van der Waals surface area contributed by atoms with Crippen molar-refractivity contribution in [1.82, 2.24) is 4.31 Å². The number of benzene rings is 1. The average molecular weight is 316 g/mol. The van der Waals surface area contributed by atoms with Gasteiger partial charge in [0.05, 0.1) is 18.1 Å². The number of aryl methyl sites for hydroxylation is 2. The maximum Gasteiger partial charge on any atom is 0.243 e. The van der Waals surface area contributed by atoms with Gasteiger partial charge >= 0.3 is 0 Å². The first-order valence-electron chi connectivity index (χ1n) is 6.73. The van der Waals surface area contributed by atoms with Crippen LogP contribution >= 0.6 is 0 Å². The number of aliphatic hydroxyl groups is 1. The van der Waals surface area contributed by atoms with Crippen LogP contribution in [-0.2, 0) is 14.8 Å². The zero-order valence-electron chi connectivity index (χ0n) is 13.0. The van der Waals surface area contributed by atoms with Crippen LogP contribution in [0.2, 0.25) is 0 Å². The summed E-state index contributed by atoms with van der Waals surface area (Å²) in [6.45, 7) is 5.53. The lowest BCUT2D eigenvalue weighted by atomic mass is 10.1. The molecule has 0 heterocycles. The fourth-order valence-corrected chi connectivity index (χ4v) is 4.22. The van der Waals surface area contributed by atoms with Gasteiger partial charge in [0.2, 0.25) is 10.0 Å². The summed E-state index contributed by atoms with van der Waals surface area (Å²) >= 11 is 0. The molecular weight excluding hydrogens is 292 g/mol. The van der Waals surface area contributed by atoms with Crippen LogP contribution in [0.4, 0.5) is 5.69 Å². The van der Waals surface area contributed by atoms with E-state index >= 15 is 0 Å². The molecule has 1 aromatic carbocycles. The molecule has 0 atom stereocenters. The van der Waals surface area contributed by atoms with Crippen molar-refractivity contribution in [3.8, 4) is 0 Å². The summed E-state index contributed by atoms with van der Waals surface area (Å²) < 4.78 is 31.8. The molecule has 0 amide bonds. The molecule has 7 heteroatoms. The van der Waals surface area contributed by atoms with E-state index in [4.69, 9.17) is 15.6 Å². The molecule has 0 radical (unpaired) electrons. The zero-order valence-corrected chi connectivity index (χ0v) is 13.8. The van der Waals surface area contributed by atoms with Gasteiger partial charge in [-0.15, -0.1) is 0 Å². The van der Waals surface area contributed by atoms with Crippen molar-refractivity contribution in [3.05, 3.63) is 22.8 Å². The Morgan fingerprint density at radius 3 is 2.38 bits per heavy atom. The molecule has 0 aromatic heterocycles. The standard InChI is InChI=1S/C14H24N2O4S/c1-10-9-11(2)14(12(3)13(10)15)21(18,19)16(5-7-17)6-8-20-4/h9,17H,5-8,15H2,1-4H3. The Morgan fingerprint density at radius 2 is 1.86 bits per heavy atom. The highest BCUT2D eigenvalue weighted by atomic mass is 32.2. The van der Waals surface area contributed by atoms with E-state index in [0.717, 1.165) is 5.56 Å². The van der Waals surface area contributed by atoms with E-state index in [2.05, 4.69) is 0 Å². The minimum Gasteiger partial charge on any atom is -0.398 e. The number of ether oxygens (including phenoxy) is 1. The Morgan fingerprint density at radius 1 is 1.24 bits per heavy atom. The summed E-state index contributed by atoms with van der Waals surface area (Å²) in [5, 5.41) is 9.11. The van der Waals surface area contributed by atoms with Crippen LogP contribution in [0.15, 0.2) is 11.0 Å². The summed E-state index contributed by atoms with van der Waals surface area (Å²) in [6.07, 6.45) is 0. The molecule has 21 heavy (non-hydrogen) atoms. The molecular formula is C14H24N2O4S. The predicted octanol–water partition coefficient (Wildman–Crippen LogP) is 0.823. The molecule has 0 aliphatic rings. The molecule has 0 spiro atoms. The van der Waals surface area contributed by atoms with Crippen molar-refractivity contribution >= 4 is 15.7 Å². The second-order valence-electron chi connectivity index (χ2n) is 5.00. The van der Waals surface area contributed by atoms with Crippen molar-refractivity contribution in [2.24, 2.45) is 0 Å². The van der Waals surface area contributed by atoms with E-state index in [1.54, 1.807) is 19.9 Å². The van der Waals surface area contributed by atoms with E-state index in [1.807, 2.05) is 6.92 Å². The van der Waals surface area contributed by atoms with E-state index in [1.165, 1.54) is 11.4 Å². The molecule has 3 N–H and O–H groups in total. The minimum atomic E-state index is -3.72. The lowest BCUT2D eigenvalue weighted by Crippen LogP contribution is -2.37. The third-order valence-electron chi connectivity index (χ3n) is 3.45. The first kappa shape index (κ1) is 17.9. The van der Waals surface area contributed by atoms with E-state index < -0.39 is 10.0 Å². The second-order valence-corrected chi connectivity index (χ2v) is 6.87. The van der Waals surface area contributed by atoms with Crippen LogP contribution in [0.3, 0.4) is 0 Å². The van der Waals surface area contributed by atoms with Gasteiger partial charge in [0.1, 0.15) is 0 Å². The molecule has 0 fully saturated rings. The number of methoxy groups -OCH3 is 1. The summed E-state index contributed by atoms with van der Waals surface area (Å²) in [4.78, 5) is 0.218. The number of aliphatic hydroxyl groups excluding tert-OH is 1. The first-order chi connectivity index (χ1) is 9.77. The van der Waals surface area contributed by atoms with Gasteiger partial charge in [-0.25, -0.2) is 8.42 Å². The van der Waals surface area contributed by atoms with Crippen molar-refractivity contribution in [3.63, 3.8) is 0 Å². The molecule has 0 bridgehead atoms. The highest BCUT2D eigenvalue weighted by molar-refractivity contribution is 7.89. The van der Waals surface area contributed by atoms with Crippen LogP contribution in [0.5, 0.6) is 0 Å². The third kappa shape index (κ3) is 3.74. The van der Waals surface area contributed by atoms with E-state index in [-0.39, 0.29) is 31.2 Å². The summed E-state index contributed by atoms with van der Waals surface area (Å²) in [7, 11) is -2.22. The Labute approximate surface area is 126 Å². The Bertz CT molecular complexity index is 599. The predicted molar refractivity (Wildman–Crippen MR) is 82.8 cm³/mol.